The third-order valence-electron chi connectivity index (χ3n) is 3.13. The second kappa shape index (κ2) is 6.83. The lowest BCUT2D eigenvalue weighted by molar-refractivity contribution is 0.102. The highest BCUT2D eigenvalue weighted by Crippen LogP contribution is 2.27. The van der Waals surface area contributed by atoms with Gasteiger partial charge >= 0.3 is 0 Å². The van der Waals surface area contributed by atoms with E-state index in [-0.39, 0.29) is 26.3 Å². The summed E-state index contributed by atoms with van der Waals surface area (Å²) in [5.41, 5.74) is 0.383. The molecule has 0 aliphatic rings. The SMILES string of the molecule is O=C(Nc1cnn(S(=O)(=O)c2cc(Cl)ccc2Cl)c1)c1ccccn1. The molecule has 2 aromatic heterocycles. The third-order valence-corrected chi connectivity index (χ3v) is 5.40. The average Bonchev–Trinajstić information content (AvgIpc) is 3.07. The van der Waals surface area contributed by atoms with Crippen LogP contribution in [-0.2, 0) is 10.0 Å². The Kier molecular flexibility index (Phi) is 4.76. The zero-order chi connectivity index (χ0) is 18.0. The van der Waals surface area contributed by atoms with Crippen molar-refractivity contribution in [2.75, 3.05) is 5.32 Å². The van der Waals surface area contributed by atoms with E-state index in [9.17, 15) is 13.2 Å². The van der Waals surface area contributed by atoms with Crippen LogP contribution in [0.3, 0.4) is 0 Å². The highest BCUT2D eigenvalue weighted by molar-refractivity contribution is 7.90. The minimum absolute atomic E-state index is 0.0129. The van der Waals surface area contributed by atoms with E-state index in [1.807, 2.05) is 0 Å². The standard InChI is InChI=1S/C15H10Cl2N4O3S/c16-10-4-5-12(17)14(7-10)25(23,24)21-9-11(8-19-21)20-15(22)13-3-1-2-6-18-13/h1-9H,(H,20,22). The number of nitrogens with zero attached hydrogens (tertiary/aromatic N) is 3. The lowest BCUT2D eigenvalue weighted by Gasteiger charge is -2.06. The predicted octanol–water partition coefficient (Wildman–Crippen LogP) is 3.07. The topological polar surface area (TPSA) is 94.0 Å². The summed E-state index contributed by atoms with van der Waals surface area (Å²) in [5.74, 6) is -0.488. The van der Waals surface area contributed by atoms with Crippen LogP contribution in [0.2, 0.25) is 10.0 Å². The number of amides is 1. The summed E-state index contributed by atoms with van der Waals surface area (Å²) < 4.78 is 25.9. The van der Waals surface area contributed by atoms with Crippen LogP contribution < -0.4 is 5.32 Å². The predicted molar refractivity (Wildman–Crippen MR) is 93.5 cm³/mol. The van der Waals surface area contributed by atoms with Gasteiger partial charge in [0.1, 0.15) is 10.6 Å². The van der Waals surface area contributed by atoms with Gasteiger partial charge in [0.25, 0.3) is 15.9 Å². The summed E-state index contributed by atoms with van der Waals surface area (Å²) in [7, 11) is -4.05. The van der Waals surface area contributed by atoms with E-state index in [1.165, 1.54) is 36.7 Å². The molecule has 0 fully saturated rings. The van der Waals surface area contributed by atoms with Gasteiger partial charge in [-0.3, -0.25) is 9.78 Å². The fourth-order valence-corrected chi connectivity index (χ4v) is 3.83. The third kappa shape index (κ3) is 3.65. The largest absolute Gasteiger partial charge is 0.318 e. The van der Waals surface area contributed by atoms with E-state index in [2.05, 4.69) is 15.4 Å². The molecule has 0 saturated heterocycles. The molecule has 0 radical (unpaired) electrons. The Hall–Kier alpha value is -2.42. The fourth-order valence-electron chi connectivity index (χ4n) is 1.97. The summed E-state index contributed by atoms with van der Waals surface area (Å²) in [5, 5.41) is 6.53. The first-order valence-corrected chi connectivity index (χ1v) is 9.05. The van der Waals surface area contributed by atoms with Crippen LogP contribution in [-0.4, -0.2) is 28.5 Å². The Balaban J connectivity index is 1.88. The fraction of sp³-hybridized carbons (Fsp3) is 0. The molecule has 1 amide bonds. The Bertz CT molecular complexity index is 1040. The second-order valence-corrected chi connectivity index (χ2v) is 7.46. The second-order valence-electron chi connectivity index (χ2n) is 4.85. The molecule has 10 heteroatoms. The van der Waals surface area contributed by atoms with Crippen molar-refractivity contribution in [3.8, 4) is 0 Å². The van der Waals surface area contributed by atoms with E-state index in [0.29, 0.717) is 4.09 Å². The summed E-state index contributed by atoms with van der Waals surface area (Å²) in [4.78, 5) is 15.8. The van der Waals surface area contributed by atoms with E-state index in [4.69, 9.17) is 23.2 Å². The van der Waals surface area contributed by atoms with E-state index in [0.717, 1.165) is 6.20 Å². The van der Waals surface area contributed by atoms with Crippen LogP contribution in [0.1, 0.15) is 10.5 Å². The van der Waals surface area contributed by atoms with Gasteiger partial charge in [-0.25, -0.2) is 0 Å². The maximum Gasteiger partial charge on any atom is 0.284 e. The molecule has 0 unspecified atom stereocenters. The molecule has 1 N–H and O–H groups in total. The molecule has 7 nitrogen and oxygen atoms in total. The van der Waals surface area contributed by atoms with E-state index in [1.54, 1.807) is 12.1 Å². The van der Waals surface area contributed by atoms with Crippen LogP contribution in [0, 0.1) is 0 Å². The van der Waals surface area contributed by atoms with Crippen molar-refractivity contribution in [2.45, 2.75) is 4.90 Å². The summed E-state index contributed by atoms with van der Waals surface area (Å²) >= 11 is 11.8. The number of rotatable bonds is 4. The van der Waals surface area contributed by atoms with Crippen LogP contribution in [0.25, 0.3) is 0 Å². The van der Waals surface area contributed by atoms with Crippen molar-refractivity contribution < 1.29 is 13.2 Å². The molecule has 0 bridgehead atoms. The molecule has 25 heavy (non-hydrogen) atoms. The Morgan fingerprint density at radius 2 is 1.96 bits per heavy atom. The maximum atomic E-state index is 12.6. The molecule has 0 spiro atoms. The van der Waals surface area contributed by atoms with Crippen molar-refractivity contribution in [1.29, 1.82) is 0 Å². The number of halogens is 2. The molecule has 128 valence electrons. The first kappa shape index (κ1) is 17.4. The first-order valence-electron chi connectivity index (χ1n) is 6.85. The molecule has 2 heterocycles. The molecule has 0 aliphatic heterocycles. The maximum absolute atomic E-state index is 12.6. The molecule has 0 saturated carbocycles. The highest BCUT2D eigenvalue weighted by Gasteiger charge is 2.22. The van der Waals surface area contributed by atoms with Crippen LogP contribution in [0.15, 0.2) is 59.9 Å². The van der Waals surface area contributed by atoms with Gasteiger partial charge in [0.05, 0.1) is 23.1 Å². The number of nitrogens with one attached hydrogen (secondary N) is 1. The van der Waals surface area contributed by atoms with Crippen molar-refractivity contribution in [3.63, 3.8) is 0 Å². The molecule has 1 aromatic carbocycles. The van der Waals surface area contributed by atoms with Crippen molar-refractivity contribution in [2.24, 2.45) is 0 Å². The van der Waals surface area contributed by atoms with Crippen molar-refractivity contribution in [1.82, 2.24) is 14.2 Å². The van der Waals surface area contributed by atoms with Gasteiger partial charge in [-0.2, -0.15) is 17.6 Å². The number of carbonyl (C=O) groups is 1. The number of hydrogen-bond donors (Lipinski definition) is 1. The Morgan fingerprint density at radius 3 is 2.68 bits per heavy atom. The highest BCUT2D eigenvalue weighted by atomic mass is 35.5. The Morgan fingerprint density at radius 1 is 1.16 bits per heavy atom. The molecular formula is C15H10Cl2N4O3S. The molecular weight excluding hydrogens is 387 g/mol. The van der Waals surface area contributed by atoms with Crippen LogP contribution in [0.4, 0.5) is 5.69 Å². The summed E-state index contributed by atoms with van der Waals surface area (Å²) in [6.07, 6.45) is 3.84. The minimum Gasteiger partial charge on any atom is -0.318 e. The number of pyridine rings is 1. The van der Waals surface area contributed by atoms with E-state index >= 15 is 0 Å². The lowest BCUT2D eigenvalue weighted by atomic mass is 10.3. The minimum atomic E-state index is -4.05. The number of hydrogen-bond acceptors (Lipinski definition) is 5. The number of anilines is 1. The zero-order valence-electron chi connectivity index (χ0n) is 12.4. The summed E-state index contributed by atoms with van der Waals surface area (Å²) in [6, 6.07) is 8.96. The van der Waals surface area contributed by atoms with Gasteiger partial charge < -0.3 is 5.32 Å². The van der Waals surface area contributed by atoms with Crippen molar-refractivity contribution >= 4 is 44.8 Å². The number of benzene rings is 1. The van der Waals surface area contributed by atoms with Crippen LogP contribution in [0.5, 0.6) is 0 Å². The molecule has 0 aliphatic carbocycles. The number of carbonyl (C=O) groups excluding carboxylic acids is 1. The van der Waals surface area contributed by atoms with Crippen LogP contribution >= 0.6 is 23.2 Å². The zero-order valence-corrected chi connectivity index (χ0v) is 14.8. The quantitative estimate of drug-likeness (QED) is 0.730. The van der Waals surface area contributed by atoms with Gasteiger partial charge in [-0.05, 0) is 30.3 Å². The molecule has 3 aromatic rings. The van der Waals surface area contributed by atoms with Crippen molar-refractivity contribution in [3.05, 3.63) is 70.7 Å². The molecule has 0 atom stereocenters. The van der Waals surface area contributed by atoms with Gasteiger partial charge in [0, 0.05) is 11.2 Å². The van der Waals surface area contributed by atoms with E-state index < -0.39 is 15.9 Å². The van der Waals surface area contributed by atoms with Gasteiger partial charge in [0.15, 0.2) is 0 Å². The smallest absolute Gasteiger partial charge is 0.284 e. The monoisotopic (exact) mass is 396 g/mol. The average molecular weight is 397 g/mol. The lowest BCUT2D eigenvalue weighted by Crippen LogP contribution is -2.15. The van der Waals surface area contributed by atoms with Gasteiger partial charge in [-0.15, -0.1) is 0 Å². The number of aromatic nitrogens is 3. The Labute approximate surface area is 153 Å². The normalized spacial score (nSPS) is 11.3. The molecule has 3 rings (SSSR count). The summed E-state index contributed by atoms with van der Waals surface area (Å²) in [6.45, 7) is 0. The van der Waals surface area contributed by atoms with Gasteiger partial charge in [-0.1, -0.05) is 29.3 Å². The van der Waals surface area contributed by atoms with Gasteiger partial charge in [0.2, 0.25) is 0 Å². The first-order chi connectivity index (χ1) is 11.9.